The van der Waals surface area contributed by atoms with Crippen molar-refractivity contribution >= 4 is 71.6 Å². The summed E-state index contributed by atoms with van der Waals surface area (Å²) in [6.45, 7) is 0. The van der Waals surface area contributed by atoms with Gasteiger partial charge in [-0.3, -0.25) is 0 Å². The van der Waals surface area contributed by atoms with E-state index in [0.717, 1.165) is 61.4 Å². The Balaban J connectivity index is 1.03. The molecule has 0 aliphatic rings. The molecule has 12 rings (SSSR count). The molecule has 0 bridgehead atoms. The molecule has 0 saturated carbocycles. The van der Waals surface area contributed by atoms with Crippen molar-refractivity contribution < 1.29 is 4.42 Å². The number of hydrogen-bond acceptors (Lipinski definition) is 2. The van der Waals surface area contributed by atoms with Gasteiger partial charge in [0.05, 0.1) is 11.0 Å². The van der Waals surface area contributed by atoms with Crippen LogP contribution in [0.15, 0.2) is 235 Å². The predicted molar refractivity (Wildman–Crippen MR) is 257 cm³/mol. The van der Waals surface area contributed by atoms with Crippen molar-refractivity contribution in [3.63, 3.8) is 0 Å². The highest BCUT2D eigenvalue weighted by Crippen LogP contribution is 2.44. The summed E-state index contributed by atoms with van der Waals surface area (Å²) in [5.74, 6) is 0. The zero-order valence-electron chi connectivity index (χ0n) is 33.2. The van der Waals surface area contributed by atoms with E-state index in [9.17, 15) is 0 Å². The summed E-state index contributed by atoms with van der Waals surface area (Å²) in [5.41, 5.74) is 15.4. The number of fused-ring (bicyclic) bond motifs is 8. The first-order valence-electron chi connectivity index (χ1n) is 20.8. The highest BCUT2D eigenvalue weighted by atomic mass is 16.3. The molecule has 2 heterocycles. The van der Waals surface area contributed by atoms with Crippen molar-refractivity contribution in [2.75, 3.05) is 4.90 Å². The molecule has 0 N–H and O–H groups in total. The Kier molecular flexibility index (Phi) is 8.17. The molecule has 0 atom stereocenters. The molecule has 0 fully saturated rings. The standard InChI is InChI=1S/C58H38N2O/c1-4-14-39(15-5-1)40-24-30-46(31-25-40)59(48-37-53(42-16-6-2-7-17-42)58-54(38-48)51-22-12-13-23-56(51)61-58)47-32-26-41(27-33-47)44-29-34-50-52-35-28-43-18-10-11-21-49(43)57(52)60(55(50)36-44)45-19-8-3-9-20-45/h1-38H. The minimum absolute atomic E-state index is 0.881. The molecular formula is C58H38N2O. The molecule has 286 valence electrons. The lowest BCUT2D eigenvalue weighted by Crippen LogP contribution is -2.10. The third kappa shape index (κ3) is 5.90. The minimum Gasteiger partial charge on any atom is -0.455 e. The van der Waals surface area contributed by atoms with Crippen molar-refractivity contribution in [3.8, 4) is 39.1 Å². The van der Waals surface area contributed by atoms with E-state index in [0.29, 0.717) is 0 Å². The van der Waals surface area contributed by atoms with Crippen LogP contribution in [0.3, 0.4) is 0 Å². The van der Waals surface area contributed by atoms with Gasteiger partial charge in [0.15, 0.2) is 0 Å². The van der Waals surface area contributed by atoms with E-state index in [-0.39, 0.29) is 0 Å². The second kappa shape index (κ2) is 14.3. The number of rotatable bonds is 7. The molecule has 0 aliphatic heterocycles. The quantitative estimate of drug-likeness (QED) is 0.161. The van der Waals surface area contributed by atoms with Gasteiger partial charge in [0.1, 0.15) is 11.2 Å². The molecule has 0 radical (unpaired) electrons. The van der Waals surface area contributed by atoms with Crippen molar-refractivity contribution in [1.29, 1.82) is 0 Å². The number of anilines is 3. The first-order chi connectivity index (χ1) is 30.2. The van der Waals surface area contributed by atoms with Gasteiger partial charge in [0.2, 0.25) is 0 Å². The van der Waals surface area contributed by atoms with Crippen LogP contribution < -0.4 is 4.90 Å². The fourth-order valence-corrected chi connectivity index (χ4v) is 9.26. The van der Waals surface area contributed by atoms with E-state index < -0.39 is 0 Å². The molecule has 0 unspecified atom stereocenters. The van der Waals surface area contributed by atoms with E-state index in [1.54, 1.807) is 0 Å². The zero-order valence-corrected chi connectivity index (χ0v) is 33.2. The van der Waals surface area contributed by atoms with Crippen molar-refractivity contribution in [1.82, 2.24) is 4.57 Å². The maximum absolute atomic E-state index is 6.60. The molecule has 10 aromatic carbocycles. The van der Waals surface area contributed by atoms with Crippen LogP contribution >= 0.6 is 0 Å². The van der Waals surface area contributed by atoms with Gasteiger partial charge in [-0.1, -0.05) is 170 Å². The van der Waals surface area contributed by atoms with Gasteiger partial charge in [-0.05, 0) is 93.9 Å². The van der Waals surface area contributed by atoms with Gasteiger partial charge < -0.3 is 13.9 Å². The first-order valence-corrected chi connectivity index (χ1v) is 20.8. The summed E-state index contributed by atoms with van der Waals surface area (Å²) in [7, 11) is 0. The third-order valence-corrected chi connectivity index (χ3v) is 12.2. The molecule has 0 saturated heterocycles. The average molecular weight is 779 g/mol. The number of hydrogen-bond donors (Lipinski definition) is 0. The van der Waals surface area contributed by atoms with E-state index in [1.807, 2.05) is 6.07 Å². The van der Waals surface area contributed by atoms with Crippen LogP contribution in [0.2, 0.25) is 0 Å². The Hall–Kier alpha value is -8.14. The van der Waals surface area contributed by atoms with Crippen LogP contribution in [-0.4, -0.2) is 4.57 Å². The molecule has 3 heteroatoms. The second-order valence-electron chi connectivity index (χ2n) is 15.7. The van der Waals surface area contributed by atoms with Crippen LogP contribution in [-0.2, 0) is 0 Å². The molecule has 3 nitrogen and oxygen atoms in total. The number of furan rings is 1. The maximum atomic E-state index is 6.60. The van der Waals surface area contributed by atoms with Gasteiger partial charge in [-0.2, -0.15) is 0 Å². The van der Waals surface area contributed by atoms with E-state index in [1.165, 1.54) is 49.3 Å². The van der Waals surface area contributed by atoms with E-state index in [2.05, 4.69) is 234 Å². The number of benzene rings is 10. The summed E-state index contributed by atoms with van der Waals surface area (Å²) < 4.78 is 9.04. The van der Waals surface area contributed by atoms with Crippen molar-refractivity contribution in [2.24, 2.45) is 0 Å². The highest BCUT2D eigenvalue weighted by molar-refractivity contribution is 6.19. The molecular weight excluding hydrogens is 741 g/mol. The smallest absolute Gasteiger partial charge is 0.143 e. The SMILES string of the molecule is c1ccc(-c2ccc(N(c3ccc(-c4ccc5c6ccc7ccccc7c6n(-c6ccccc6)c5c4)cc3)c3cc(-c4ccccc4)c4oc5ccccc5c4c3)cc2)cc1. The lowest BCUT2D eigenvalue weighted by atomic mass is 9.99. The Bertz CT molecular complexity index is 3550. The lowest BCUT2D eigenvalue weighted by molar-refractivity contribution is 0.670. The molecule has 0 aliphatic carbocycles. The largest absolute Gasteiger partial charge is 0.455 e. The van der Waals surface area contributed by atoms with Crippen LogP contribution in [0.5, 0.6) is 0 Å². The Morgan fingerprint density at radius 2 is 0.902 bits per heavy atom. The Morgan fingerprint density at radius 3 is 1.62 bits per heavy atom. The van der Waals surface area contributed by atoms with Gasteiger partial charge in [0, 0.05) is 55.2 Å². The normalized spacial score (nSPS) is 11.6. The summed E-state index contributed by atoms with van der Waals surface area (Å²) >= 11 is 0. The first kappa shape index (κ1) is 34.9. The van der Waals surface area contributed by atoms with E-state index in [4.69, 9.17) is 4.42 Å². The Morgan fingerprint density at radius 1 is 0.344 bits per heavy atom. The number of para-hydroxylation sites is 2. The third-order valence-electron chi connectivity index (χ3n) is 12.2. The lowest BCUT2D eigenvalue weighted by Gasteiger charge is -2.27. The molecule has 12 aromatic rings. The molecule has 2 aromatic heterocycles. The molecule has 0 amide bonds. The second-order valence-corrected chi connectivity index (χ2v) is 15.7. The average Bonchev–Trinajstić information content (AvgIpc) is 3.88. The van der Waals surface area contributed by atoms with Gasteiger partial charge >= 0.3 is 0 Å². The summed E-state index contributed by atoms with van der Waals surface area (Å²) in [5, 5.41) is 7.17. The number of nitrogens with zero attached hydrogens (tertiary/aromatic N) is 2. The van der Waals surface area contributed by atoms with E-state index >= 15 is 0 Å². The van der Waals surface area contributed by atoms with Crippen LogP contribution in [0.1, 0.15) is 0 Å². The van der Waals surface area contributed by atoms with Gasteiger partial charge in [-0.25, -0.2) is 0 Å². The van der Waals surface area contributed by atoms with Crippen molar-refractivity contribution in [3.05, 3.63) is 231 Å². The fraction of sp³-hybridized carbons (Fsp3) is 0. The Labute approximate surface area is 353 Å². The van der Waals surface area contributed by atoms with Crippen LogP contribution in [0.25, 0.3) is 93.6 Å². The highest BCUT2D eigenvalue weighted by Gasteiger charge is 2.21. The molecule has 0 spiro atoms. The minimum atomic E-state index is 0.881. The molecule has 61 heavy (non-hydrogen) atoms. The van der Waals surface area contributed by atoms with Gasteiger partial charge in [-0.15, -0.1) is 0 Å². The summed E-state index contributed by atoms with van der Waals surface area (Å²) in [6, 6.07) is 82.9. The predicted octanol–water partition coefficient (Wildman–Crippen LogP) is 16.3. The van der Waals surface area contributed by atoms with Crippen molar-refractivity contribution in [2.45, 2.75) is 0 Å². The number of aromatic nitrogens is 1. The summed E-state index contributed by atoms with van der Waals surface area (Å²) in [4.78, 5) is 2.37. The summed E-state index contributed by atoms with van der Waals surface area (Å²) in [6.07, 6.45) is 0. The van der Waals surface area contributed by atoms with Gasteiger partial charge in [0.25, 0.3) is 0 Å². The topological polar surface area (TPSA) is 21.3 Å². The maximum Gasteiger partial charge on any atom is 0.143 e. The fourth-order valence-electron chi connectivity index (χ4n) is 9.26. The zero-order chi connectivity index (χ0) is 40.3. The monoisotopic (exact) mass is 778 g/mol. The van der Waals surface area contributed by atoms with Crippen LogP contribution in [0, 0.1) is 0 Å². The van der Waals surface area contributed by atoms with Crippen LogP contribution in [0.4, 0.5) is 17.1 Å².